The van der Waals surface area contributed by atoms with Crippen LogP contribution < -0.4 is 5.32 Å². The summed E-state index contributed by atoms with van der Waals surface area (Å²) in [5.74, 6) is 0. The first-order valence-electron chi connectivity index (χ1n) is 5.48. The lowest BCUT2D eigenvalue weighted by atomic mass is 10.2. The molecule has 0 unspecified atom stereocenters. The second-order valence-corrected chi connectivity index (χ2v) is 5.25. The maximum atomic E-state index is 10.9. The largest absolute Gasteiger partial charge is 0.381 e. The molecule has 0 spiro atoms. The maximum absolute atomic E-state index is 10.9. The smallest absolute Gasteiger partial charge is 0.274 e. The zero-order valence-electron chi connectivity index (χ0n) is 9.77. The first-order chi connectivity index (χ1) is 9.06. The van der Waals surface area contributed by atoms with E-state index in [4.69, 9.17) is 11.6 Å². The molecule has 0 bridgehead atoms. The molecule has 2 aromatic carbocycles. The standard InChI is InChI=1S/C13H10BrClN2O2/c14-10-4-5-13(17(18)19)9(6-10)8-16-12-3-1-2-11(15)7-12/h1-7,16H,8H2. The van der Waals surface area contributed by atoms with Gasteiger partial charge in [0.2, 0.25) is 0 Å². The third kappa shape index (κ3) is 3.68. The van der Waals surface area contributed by atoms with Crippen molar-refractivity contribution in [2.45, 2.75) is 6.54 Å². The van der Waals surface area contributed by atoms with E-state index in [2.05, 4.69) is 21.2 Å². The Morgan fingerprint density at radius 2 is 2.05 bits per heavy atom. The lowest BCUT2D eigenvalue weighted by Crippen LogP contribution is -2.03. The van der Waals surface area contributed by atoms with Gasteiger partial charge < -0.3 is 5.32 Å². The van der Waals surface area contributed by atoms with E-state index >= 15 is 0 Å². The highest BCUT2D eigenvalue weighted by Gasteiger charge is 2.13. The van der Waals surface area contributed by atoms with Crippen molar-refractivity contribution in [3.05, 3.63) is 67.6 Å². The molecule has 98 valence electrons. The fourth-order valence-electron chi connectivity index (χ4n) is 1.67. The van der Waals surface area contributed by atoms with Gasteiger partial charge in [-0.1, -0.05) is 33.6 Å². The van der Waals surface area contributed by atoms with Gasteiger partial charge in [0.15, 0.2) is 0 Å². The quantitative estimate of drug-likeness (QED) is 0.652. The Bertz CT molecular complexity index is 619. The molecular formula is C13H10BrClN2O2. The van der Waals surface area contributed by atoms with Gasteiger partial charge in [0.05, 0.1) is 4.92 Å². The highest BCUT2D eigenvalue weighted by atomic mass is 79.9. The Labute approximate surface area is 123 Å². The summed E-state index contributed by atoms with van der Waals surface area (Å²) in [5, 5.41) is 14.7. The number of hydrogen-bond donors (Lipinski definition) is 1. The predicted octanol–water partition coefficient (Wildman–Crippen LogP) is 4.62. The van der Waals surface area contributed by atoms with Crippen molar-refractivity contribution in [3.8, 4) is 0 Å². The second kappa shape index (κ2) is 6.04. The van der Waals surface area contributed by atoms with Gasteiger partial charge in [-0.05, 0) is 30.3 Å². The van der Waals surface area contributed by atoms with Crippen molar-refractivity contribution in [1.29, 1.82) is 0 Å². The molecule has 2 rings (SSSR count). The molecule has 0 aliphatic heterocycles. The Morgan fingerprint density at radius 1 is 1.26 bits per heavy atom. The molecule has 0 heterocycles. The Hall–Kier alpha value is -1.59. The zero-order valence-corrected chi connectivity index (χ0v) is 12.1. The number of nitro benzene ring substituents is 1. The van der Waals surface area contributed by atoms with Crippen LogP contribution in [0, 0.1) is 10.1 Å². The molecule has 1 N–H and O–H groups in total. The van der Waals surface area contributed by atoms with Crippen molar-refractivity contribution in [2.75, 3.05) is 5.32 Å². The summed E-state index contributed by atoms with van der Waals surface area (Å²) in [5.41, 5.74) is 1.53. The molecule has 0 aliphatic carbocycles. The van der Waals surface area contributed by atoms with Crippen molar-refractivity contribution in [1.82, 2.24) is 0 Å². The van der Waals surface area contributed by atoms with E-state index in [-0.39, 0.29) is 10.6 Å². The van der Waals surface area contributed by atoms with E-state index in [0.717, 1.165) is 10.2 Å². The third-order valence-electron chi connectivity index (χ3n) is 2.55. The van der Waals surface area contributed by atoms with Crippen LogP contribution in [0.2, 0.25) is 5.02 Å². The lowest BCUT2D eigenvalue weighted by molar-refractivity contribution is -0.385. The minimum absolute atomic E-state index is 0.0951. The summed E-state index contributed by atoms with van der Waals surface area (Å²) < 4.78 is 0.806. The predicted molar refractivity (Wildman–Crippen MR) is 79.6 cm³/mol. The number of nitrogens with zero attached hydrogens (tertiary/aromatic N) is 1. The SMILES string of the molecule is O=[N+]([O-])c1ccc(Br)cc1CNc1cccc(Cl)c1. The van der Waals surface area contributed by atoms with Crippen LogP contribution in [0.15, 0.2) is 46.9 Å². The van der Waals surface area contributed by atoms with Gasteiger partial charge in [-0.25, -0.2) is 0 Å². The minimum Gasteiger partial charge on any atom is -0.381 e. The number of anilines is 1. The van der Waals surface area contributed by atoms with Crippen LogP contribution in [0.25, 0.3) is 0 Å². The summed E-state index contributed by atoms with van der Waals surface area (Å²) in [6.45, 7) is 0.357. The molecule has 0 amide bonds. The van der Waals surface area contributed by atoms with Crippen LogP contribution in [0.1, 0.15) is 5.56 Å². The summed E-state index contributed by atoms with van der Waals surface area (Å²) in [6, 6.07) is 12.1. The first kappa shape index (κ1) is 13.8. The van der Waals surface area contributed by atoms with Gasteiger partial charge in [0.25, 0.3) is 5.69 Å². The summed E-state index contributed by atoms with van der Waals surface area (Å²) in [6.07, 6.45) is 0. The van der Waals surface area contributed by atoms with Crippen LogP contribution in [-0.2, 0) is 6.54 Å². The Kier molecular flexibility index (Phi) is 4.39. The molecule has 4 nitrogen and oxygen atoms in total. The number of nitrogens with one attached hydrogen (secondary N) is 1. The van der Waals surface area contributed by atoms with E-state index < -0.39 is 0 Å². The first-order valence-corrected chi connectivity index (χ1v) is 6.65. The number of benzene rings is 2. The third-order valence-corrected chi connectivity index (χ3v) is 3.27. The van der Waals surface area contributed by atoms with Crippen LogP contribution in [0.3, 0.4) is 0 Å². The fraction of sp³-hybridized carbons (Fsp3) is 0.0769. The van der Waals surface area contributed by atoms with Gasteiger partial charge in [-0.2, -0.15) is 0 Å². The monoisotopic (exact) mass is 340 g/mol. The van der Waals surface area contributed by atoms with Crippen LogP contribution in [0.4, 0.5) is 11.4 Å². The number of hydrogen-bond acceptors (Lipinski definition) is 3. The van der Waals surface area contributed by atoms with Gasteiger partial charge in [-0.15, -0.1) is 0 Å². The topological polar surface area (TPSA) is 55.2 Å². The number of rotatable bonds is 4. The van der Waals surface area contributed by atoms with E-state index in [1.54, 1.807) is 24.3 Å². The average molecular weight is 342 g/mol. The summed E-state index contributed by atoms with van der Waals surface area (Å²) in [4.78, 5) is 10.6. The molecule has 2 aromatic rings. The van der Waals surface area contributed by atoms with E-state index in [1.165, 1.54) is 6.07 Å². The van der Waals surface area contributed by atoms with E-state index in [1.807, 2.05) is 12.1 Å². The van der Waals surface area contributed by atoms with E-state index in [0.29, 0.717) is 17.1 Å². The van der Waals surface area contributed by atoms with Crippen molar-refractivity contribution in [2.24, 2.45) is 0 Å². The molecule has 0 atom stereocenters. The molecule has 6 heteroatoms. The van der Waals surface area contributed by atoms with Crippen molar-refractivity contribution < 1.29 is 4.92 Å². The molecular weight excluding hydrogens is 332 g/mol. The molecule has 19 heavy (non-hydrogen) atoms. The zero-order chi connectivity index (χ0) is 13.8. The van der Waals surface area contributed by atoms with Gasteiger partial charge >= 0.3 is 0 Å². The lowest BCUT2D eigenvalue weighted by Gasteiger charge is -2.08. The molecule has 0 radical (unpaired) electrons. The Balaban J connectivity index is 2.19. The highest BCUT2D eigenvalue weighted by Crippen LogP contribution is 2.24. The molecule has 0 aromatic heterocycles. The average Bonchev–Trinajstić information content (AvgIpc) is 2.36. The number of nitro groups is 1. The highest BCUT2D eigenvalue weighted by molar-refractivity contribution is 9.10. The normalized spacial score (nSPS) is 10.2. The van der Waals surface area contributed by atoms with E-state index in [9.17, 15) is 10.1 Å². The fourth-order valence-corrected chi connectivity index (χ4v) is 2.27. The van der Waals surface area contributed by atoms with Gasteiger partial charge in [-0.3, -0.25) is 10.1 Å². The molecule has 0 fully saturated rings. The molecule has 0 aliphatic rings. The van der Waals surface area contributed by atoms with Crippen molar-refractivity contribution >= 4 is 38.9 Å². The summed E-state index contributed by atoms with van der Waals surface area (Å²) >= 11 is 9.19. The second-order valence-electron chi connectivity index (χ2n) is 3.89. The summed E-state index contributed by atoms with van der Waals surface area (Å²) in [7, 11) is 0. The Morgan fingerprint density at radius 3 is 2.74 bits per heavy atom. The van der Waals surface area contributed by atoms with Crippen molar-refractivity contribution in [3.63, 3.8) is 0 Å². The van der Waals surface area contributed by atoms with Crippen LogP contribution in [-0.4, -0.2) is 4.92 Å². The molecule has 0 saturated heterocycles. The minimum atomic E-state index is -0.387. The van der Waals surface area contributed by atoms with Crippen LogP contribution >= 0.6 is 27.5 Å². The number of halogens is 2. The van der Waals surface area contributed by atoms with Gasteiger partial charge in [0.1, 0.15) is 0 Å². The maximum Gasteiger partial charge on any atom is 0.274 e. The van der Waals surface area contributed by atoms with Gasteiger partial charge in [0, 0.05) is 33.4 Å². The molecule has 0 saturated carbocycles. The van der Waals surface area contributed by atoms with Crippen LogP contribution in [0.5, 0.6) is 0 Å².